The van der Waals surface area contributed by atoms with E-state index in [0.717, 1.165) is 19.4 Å². The number of nitrogens with zero attached hydrogens (tertiary/aromatic N) is 1. The lowest BCUT2D eigenvalue weighted by molar-refractivity contribution is -0.149. The Labute approximate surface area is 159 Å². The summed E-state index contributed by atoms with van der Waals surface area (Å²) in [6, 6.07) is -1.90. The molecule has 3 amide bonds. The first kappa shape index (κ1) is 21.1. The van der Waals surface area contributed by atoms with Gasteiger partial charge < -0.3 is 26.0 Å². The lowest BCUT2D eigenvalue weighted by Crippen LogP contribution is -2.54. The van der Waals surface area contributed by atoms with Gasteiger partial charge in [0.1, 0.15) is 12.1 Å². The van der Waals surface area contributed by atoms with E-state index in [9.17, 15) is 24.3 Å². The molecule has 2 aliphatic rings. The second-order valence-corrected chi connectivity index (χ2v) is 7.64. The van der Waals surface area contributed by atoms with Crippen LogP contribution in [0.1, 0.15) is 46.0 Å². The van der Waals surface area contributed by atoms with Gasteiger partial charge in [-0.3, -0.25) is 14.4 Å². The summed E-state index contributed by atoms with van der Waals surface area (Å²) in [5.41, 5.74) is 0. The number of rotatable bonds is 8. The fourth-order valence-corrected chi connectivity index (χ4v) is 3.62. The molecular weight excluding hydrogens is 352 g/mol. The third-order valence-electron chi connectivity index (χ3n) is 4.96. The van der Waals surface area contributed by atoms with Gasteiger partial charge in [-0.05, 0) is 44.6 Å². The van der Waals surface area contributed by atoms with Crippen molar-refractivity contribution in [1.82, 2.24) is 20.9 Å². The number of carbonyl (C=O) groups excluding carboxylic acids is 3. The Morgan fingerprint density at radius 1 is 1.19 bits per heavy atom. The van der Waals surface area contributed by atoms with Crippen LogP contribution in [-0.4, -0.2) is 71.5 Å². The van der Waals surface area contributed by atoms with Gasteiger partial charge in [-0.15, -0.1) is 0 Å². The van der Waals surface area contributed by atoms with Gasteiger partial charge in [0.05, 0.1) is 12.6 Å². The fourth-order valence-electron chi connectivity index (χ4n) is 3.62. The van der Waals surface area contributed by atoms with Gasteiger partial charge in [-0.1, -0.05) is 13.8 Å². The van der Waals surface area contributed by atoms with Crippen LogP contribution in [0, 0.1) is 5.92 Å². The quantitative estimate of drug-likeness (QED) is 0.446. The van der Waals surface area contributed by atoms with E-state index in [0.29, 0.717) is 25.8 Å². The summed E-state index contributed by atoms with van der Waals surface area (Å²) in [5, 5.41) is 17.6. The number of hydrogen-bond donors (Lipinski definition) is 4. The maximum Gasteiger partial charge on any atom is 0.326 e. The van der Waals surface area contributed by atoms with Crippen molar-refractivity contribution in [2.45, 2.75) is 64.1 Å². The Bertz CT molecular complexity index is 574. The molecule has 3 unspecified atom stereocenters. The largest absolute Gasteiger partial charge is 0.480 e. The maximum absolute atomic E-state index is 12.8. The van der Waals surface area contributed by atoms with Gasteiger partial charge in [0, 0.05) is 6.54 Å². The van der Waals surface area contributed by atoms with Gasteiger partial charge in [0.15, 0.2) is 0 Å². The number of carbonyl (C=O) groups is 4. The summed E-state index contributed by atoms with van der Waals surface area (Å²) in [7, 11) is 0. The molecule has 152 valence electrons. The molecule has 0 saturated carbocycles. The molecule has 27 heavy (non-hydrogen) atoms. The van der Waals surface area contributed by atoms with Crippen molar-refractivity contribution in [3.63, 3.8) is 0 Å². The topological polar surface area (TPSA) is 128 Å². The number of hydrogen-bond acceptors (Lipinski definition) is 5. The summed E-state index contributed by atoms with van der Waals surface area (Å²) < 4.78 is 0. The Hall–Kier alpha value is -2.16. The molecule has 0 aromatic carbocycles. The average molecular weight is 382 g/mol. The number of likely N-dealkylation sites (tertiary alicyclic amines) is 1. The number of carboxylic acid groups (broad SMARTS) is 1. The van der Waals surface area contributed by atoms with E-state index in [1.54, 1.807) is 0 Å². The van der Waals surface area contributed by atoms with Crippen LogP contribution < -0.4 is 16.0 Å². The van der Waals surface area contributed by atoms with Crippen molar-refractivity contribution in [1.29, 1.82) is 0 Å². The molecule has 0 bridgehead atoms. The average Bonchev–Trinajstić information content (AvgIpc) is 3.29. The van der Waals surface area contributed by atoms with Crippen LogP contribution in [0.3, 0.4) is 0 Å². The van der Waals surface area contributed by atoms with Crippen LogP contribution in [-0.2, 0) is 19.2 Å². The van der Waals surface area contributed by atoms with Gasteiger partial charge in [-0.2, -0.15) is 0 Å². The van der Waals surface area contributed by atoms with Crippen LogP contribution in [0.15, 0.2) is 0 Å². The van der Waals surface area contributed by atoms with Crippen molar-refractivity contribution < 1.29 is 24.3 Å². The van der Waals surface area contributed by atoms with E-state index in [-0.39, 0.29) is 30.3 Å². The molecular formula is C18H30N4O5. The Kier molecular flexibility index (Phi) is 7.58. The van der Waals surface area contributed by atoms with Crippen molar-refractivity contribution in [2.24, 2.45) is 5.92 Å². The highest BCUT2D eigenvalue weighted by Crippen LogP contribution is 2.20. The normalized spacial score (nSPS) is 23.3. The lowest BCUT2D eigenvalue weighted by atomic mass is 10.0. The van der Waals surface area contributed by atoms with Gasteiger partial charge in [-0.25, -0.2) is 4.79 Å². The molecule has 2 fully saturated rings. The highest BCUT2D eigenvalue weighted by atomic mass is 16.4. The lowest BCUT2D eigenvalue weighted by Gasteiger charge is -2.28. The van der Waals surface area contributed by atoms with Crippen molar-refractivity contribution >= 4 is 23.7 Å². The monoisotopic (exact) mass is 382 g/mol. The van der Waals surface area contributed by atoms with Gasteiger partial charge in [0.25, 0.3) is 0 Å². The zero-order valence-electron chi connectivity index (χ0n) is 16.0. The zero-order valence-corrected chi connectivity index (χ0v) is 16.0. The van der Waals surface area contributed by atoms with Crippen LogP contribution in [0.5, 0.6) is 0 Å². The van der Waals surface area contributed by atoms with Crippen LogP contribution in [0.25, 0.3) is 0 Å². The summed E-state index contributed by atoms with van der Waals surface area (Å²) in [5.74, 6) is -1.92. The molecule has 0 spiro atoms. The zero-order chi connectivity index (χ0) is 20.0. The van der Waals surface area contributed by atoms with E-state index >= 15 is 0 Å². The standard InChI is InChI=1S/C18H30N4O5/c1-11(2)9-13(17(25)22-8-4-6-14(22)18(26)27)21-15(23)10-20-16(24)12-5-3-7-19-12/h11-14,19H,3-10H2,1-2H3,(H,20,24)(H,21,23)(H,26,27). The van der Waals surface area contributed by atoms with E-state index in [1.807, 2.05) is 13.8 Å². The van der Waals surface area contributed by atoms with E-state index in [1.165, 1.54) is 4.90 Å². The highest BCUT2D eigenvalue weighted by molar-refractivity contribution is 5.92. The number of nitrogens with one attached hydrogen (secondary N) is 3. The maximum atomic E-state index is 12.8. The van der Waals surface area contributed by atoms with Crippen molar-refractivity contribution in [3.8, 4) is 0 Å². The molecule has 4 N–H and O–H groups in total. The first-order valence-electron chi connectivity index (χ1n) is 9.63. The first-order valence-corrected chi connectivity index (χ1v) is 9.63. The molecule has 9 nitrogen and oxygen atoms in total. The van der Waals surface area contributed by atoms with Crippen LogP contribution in [0.4, 0.5) is 0 Å². The predicted octanol–water partition coefficient (Wildman–Crippen LogP) is -0.539. The second-order valence-electron chi connectivity index (χ2n) is 7.64. The third-order valence-corrected chi connectivity index (χ3v) is 4.96. The van der Waals surface area contributed by atoms with Gasteiger partial charge in [0.2, 0.25) is 17.7 Å². The molecule has 0 aliphatic carbocycles. The molecule has 0 aromatic rings. The third kappa shape index (κ3) is 5.92. The molecule has 0 radical (unpaired) electrons. The Morgan fingerprint density at radius 3 is 2.52 bits per heavy atom. The van der Waals surface area contributed by atoms with Crippen molar-refractivity contribution in [2.75, 3.05) is 19.6 Å². The van der Waals surface area contributed by atoms with Crippen LogP contribution in [0.2, 0.25) is 0 Å². The predicted molar refractivity (Wildman–Crippen MR) is 97.8 cm³/mol. The minimum Gasteiger partial charge on any atom is -0.480 e. The number of carboxylic acids is 1. The van der Waals surface area contributed by atoms with Crippen molar-refractivity contribution in [3.05, 3.63) is 0 Å². The van der Waals surface area contributed by atoms with E-state index in [4.69, 9.17) is 0 Å². The minimum atomic E-state index is -1.02. The smallest absolute Gasteiger partial charge is 0.326 e. The molecule has 2 saturated heterocycles. The van der Waals surface area contributed by atoms with E-state index in [2.05, 4.69) is 16.0 Å². The van der Waals surface area contributed by atoms with Gasteiger partial charge >= 0.3 is 5.97 Å². The first-order chi connectivity index (χ1) is 12.8. The molecule has 2 aliphatic heterocycles. The fraction of sp³-hybridized carbons (Fsp3) is 0.778. The molecule has 2 heterocycles. The summed E-state index contributed by atoms with van der Waals surface area (Å²) in [6.45, 7) is 4.82. The van der Waals surface area contributed by atoms with E-state index < -0.39 is 24.0 Å². The molecule has 3 atom stereocenters. The SMILES string of the molecule is CC(C)CC(NC(=O)CNC(=O)C1CCCN1)C(=O)N1CCCC1C(=O)O. The highest BCUT2D eigenvalue weighted by Gasteiger charge is 2.37. The number of aliphatic carboxylic acids is 1. The molecule has 2 rings (SSSR count). The molecule has 9 heteroatoms. The number of amides is 3. The van der Waals surface area contributed by atoms with Crippen LogP contribution >= 0.6 is 0 Å². The second kappa shape index (κ2) is 9.68. The molecule has 0 aromatic heterocycles. The summed E-state index contributed by atoms with van der Waals surface area (Å²) >= 11 is 0. The minimum absolute atomic E-state index is 0.141. The summed E-state index contributed by atoms with van der Waals surface area (Å²) in [6.07, 6.45) is 3.14. The Morgan fingerprint density at radius 2 is 1.93 bits per heavy atom. The Balaban J connectivity index is 1.92. The summed E-state index contributed by atoms with van der Waals surface area (Å²) in [4.78, 5) is 49.8.